The van der Waals surface area contributed by atoms with Crippen molar-refractivity contribution < 1.29 is 19.0 Å². The molecule has 2 aromatic heterocycles. The smallest absolute Gasteiger partial charge is 0.307 e. The number of ether oxygens (including phenoxy) is 1. The van der Waals surface area contributed by atoms with Gasteiger partial charge in [0.25, 0.3) is 0 Å². The molecule has 0 saturated heterocycles. The number of aryl methyl sites for hydroxylation is 1. The molecule has 0 unspecified atom stereocenters. The van der Waals surface area contributed by atoms with Crippen LogP contribution >= 0.6 is 0 Å². The fourth-order valence-electron chi connectivity index (χ4n) is 3.14. The third-order valence-electron chi connectivity index (χ3n) is 4.58. The number of anilines is 4. The molecular formula is C22H21FN6O3. The molecule has 0 aliphatic rings. The Kier molecular flexibility index (Phi) is 6.11. The summed E-state index contributed by atoms with van der Waals surface area (Å²) in [6.45, 7) is 2.51. The van der Waals surface area contributed by atoms with Crippen molar-refractivity contribution in [2.45, 2.75) is 19.9 Å². The lowest BCUT2D eigenvalue weighted by molar-refractivity contribution is -0.143. The maximum Gasteiger partial charge on any atom is 0.307 e. The topological polar surface area (TPSA) is 114 Å². The van der Waals surface area contributed by atoms with E-state index in [1.54, 1.807) is 42.1 Å². The van der Waals surface area contributed by atoms with Crippen molar-refractivity contribution in [1.29, 1.82) is 0 Å². The Hall–Kier alpha value is -4.21. The summed E-state index contributed by atoms with van der Waals surface area (Å²) in [4.78, 5) is 19.7. The number of carbonyl (C=O) groups is 1. The average molecular weight is 436 g/mol. The summed E-state index contributed by atoms with van der Waals surface area (Å²) in [5, 5.41) is 20.6. The summed E-state index contributed by atoms with van der Waals surface area (Å²) in [5.74, 6) is -0.629. The standard InChI is InChI=1S/C22H21FN6O3/c1-2-32-20(31)8-9-29-19-7-6-16(10-14(19)12-25-29)26-21-18(23)13-24-22(28-21)27-15-4-3-5-17(30)11-15/h3-7,10-13,30H,2,8-9H2,1H3,(H2,24,26,27,28). The third kappa shape index (κ3) is 4.91. The normalized spacial score (nSPS) is 10.8. The van der Waals surface area contributed by atoms with Crippen LogP contribution in [0, 0.1) is 5.82 Å². The highest BCUT2D eigenvalue weighted by atomic mass is 19.1. The van der Waals surface area contributed by atoms with Gasteiger partial charge < -0.3 is 20.5 Å². The number of phenols is 1. The van der Waals surface area contributed by atoms with Crippen LogP contribution in [-0.4, -0.2) is 37.4 Å². The van der Waals surface area contributed by atoms with Crippen LogP contribution < -0.4 is 10.6 Å². The van der Waals surface area contributed by atoms with E-state index in [9.17, 15) is 14.3 Å². The molecule has 0 radical (unpaired) electrons. The van der Waals surface area contributed by atoms with Gasteiger partial charge in [0.2, 0.25) is 5.95 Å². The highest BCUT2D eigenvalue weighted by Gasteiger charge is 2.11. The van der Waals surface area contributed by atoms with Gasteiger partial charge in [-0.2, -0.15) is 10.1 Å². The second-order valence-corrected chi connectivity index (χ2v) is 6.89. The monoisotopic (exact) mass is 436 g/mol. The molecule has 0 aliphatic carbocycles. The van der Waals surface area contributed by atoms with Crippen LogP contribution in [0.1, 0.15) is 13.3 Å². The number of fused-ring (bicyclic) bond motifs is 1. The van der Waals surface area contributed by atoms with Gasteiger partial charge in [0, 0.05) is 22.8 Å². The number of hydrogen-bond donors (Lipinski definition) is 3. The number of hydrogen-bond acceptors (Lipinski definition) is 8. The predicted octanol–water partition coefficient (Wildman–Crippen LogP) is 4.11. The highest BCUT2D eigenvalue weighted by molar-refractivity contribution is 5.83. The Morgan fingerprint density at radius 2 is 2.00 bits per heavy atom. The van der Waals surface area contributed by atoms with Crippen LogP contribution in [-0.2, 0) is 16.1 Å². The van der Waals surface area contributed by atoms with Crippen molar-refractivity contribution in [1.82, 2.24) is 19.7 Å². The van der Waals surface area contributed by atoms with Crippen molar-refractivity contribution in [2.75, 3.05) is 17.2 Å². The molecule has 0 bridgehead atoms. The van der Waals surface area contributed by atoms with Crippen molar-refractivity contribution in [3.05, 3.63) is 60.7 Å². The van der Waals surface area contributed by atoms with Gasteiger partial charge in [-0.3, -0.25) is 9.48 Å². The lowest BCUT2D eigenvalue weighted by Gasteiger charge is -2.10. The maximum atomic E-state index is 14.3. The number of rotatable bonds is 8. The first-order valence-electron chi connectivity index (χ1n) is 9.98. The first-order chi connectivity index (χ1) is 15.5. The zero-order chi connectivity index (χ0) is 22.5. The number of nitrogens with one attached hydrogen (secondary N) is 2. The third-order valence-corrected chi connectivity index (χ3v) is 4.58. The van der Waals surface area contributed by atoms with Gasteiger partial charge in [-0.05, 0) is 37.3 Å². The molecule has 32 heavy (non-hydrogen) atoms. The first kappa shape index (κ1) is 21.0. The fourth-order valence-corrected chi connectivity index (χ4v) is 3.14. The molecule has 0 aliphatic heterocycles. The van der Waals surface area contributed by atoms with Gasteiger partial charge >= 0.3 is 5.97 Å². The Bertz CT molecular complexity index is 1260. The van der Waals surface area contributed by atoms with Crippen LogP contribution in [0.4, 0.5) is 27.5 Å². The quantitative estimate of drug-likeness (QED) is 0.354. The second kappa shape index (κ2) is 9.29. The molecule has 0 amide bonds. The number of esters is 1. The Balaban J connectivity index is 1.50. The number of aromatic nitrogens is 4. The van der Waals surface area contributed by atoms with Crippen LogP contribution in [0.25, 0.3) is 10.9 Å². The number of nitrogens with zero attached hydrogens (tertiary/aromatic N) is 4. The summed E-state index contributed by atoms with van der Waals surface area (Å²) in [7, 11) is 0. The van der Waals surface area contributed by atoms with E-state index in [0.717, 1.165) is 17.1 Å². The molecule has 0 saturated carbocycles. The summed E-state index contributed by atoms with van der Waals surface area (Å²) in [6, 6.07) is 11.9. The van der Waals surface area contributed by atoms with Crippen LogP contribution in [0.3, 0.4) is 0 Å². The van der Waals surface area contributed by atoms with Crippen molar-refractivity contribution >= 4 is 40.0 Å². The summed E-state index contributed by atoms with van der Waals surface area (Å²) in [6.07, 6.45) is 2.97. The van der Waals surface area contributed by atoms with E-state index in [1.807, 2.05) is 12.1 Å². The van der Waals surface area contributed by atoms with Gasteiger partial charge in [0.1, 0.15) is 5.75 Å². The summed E-state index contributed by atoms with van der Waals surface area (Å²) < 4.78 is 21.0. The minimum Gasteiger partial charge on any atom is -0.508 e. The molecule has 3 N–H and O–H groups in total. The van der Waals surface area contributed by atoms with Gasteiger partial charge in [-0.15, -0.1) is 0 Å². The zero-order valence-electron chi connectivity index (χ0n) is 17.2. The number of carbonyl (C=O) groups excluding carboxylic acids is 1. The SMILES string of the molecule is CCOC(=O)CCn1ncc2cc(Nc3nc(Nc4cccc(O)c4)ncc3F)ccc21. The lowest BCUT2D eigenvalue weighted by atomic mass is 10.2. The Morgan fingerprint density at radius 3 is 2.81 bits per heavy atom. The van der Waals surface area contributed by atoms with E-state index in [1.165, 1.54) is 6.07 Å². The number of aromatic hydroxyl groups is 1. The Morgan fingerprint density at radius 1 is 1.16 bits per heavy atom. The first-order valence-corrected chi connectivity index (χ1v) is 9.98. The minimum atomic E-state index is -0.614. The van der Waals surface area contributed by atoms with E-state index >= 15 is 0 Å². The average Bonchev–Trinajstić information content (AvgIpc) is 3.17. The molecule has 10 heteroatoms. The molecule has 4 aromatic rings. The van der Waals surface area contributed by atoms with E-state index in [-0.39, 0.29) is 29.9 Å². The largest absolute Gasteiger partial charge is 0.508 e. The van der Waals surface area contributed by atoms with Gasteiger partial charge in [-0.25, -0.2) is 9.37 Å². The molecule has 9 nitrogen and oxygen atoms in total. The minimum absolute atomic E-state index is 0.00305. The van der Waals surface area contributed by atoms with Gasteiger partial charge in [0.05, 0.1) is 37.5 Å². The lowest BCUT2D eigenvalue weighted by Crippen LogP contribution is -2.09. The molecule has 2 heterocycles. The maximum absolute atomic E-state index is 14.3. The van der Waals surface area contributed by atoms with Crippen LogP contribution in [0.15, 0.2) is 54.9 Å². The summed E-state index contributed by atoms with van der Waals surface area (Å²) >= 11 is 0. The van der Waals surface area contributed by atoms with Crippen molar-refractivity contribution in [3.8, 4) is 5.75 Å². The molecule has 0 fully saturated rings. The molecule has 0 atom stereocenters. The molecule has 4 rings (SSSR count). The molecular weight excluding hydrogens is 415 g/mol. The van der Waals surface area contributed by atoms with E-state index < -0.39 is 5.82 Å². The highest BCUT2D eigenvalue weighted by Crippen LogP contribution is 2.25. The van der Waals surface area contributed by atoms with Crippen LogP contribution in [0.5, 0.6) is 5.75 Å². The number of phenolic OH excluding ortho intramolecular Hbond substituents is 1. The van der Waals surface area contributed by atoms with Crippen molar-refractivity contribution in [3.63, 3.8) is 0 Å². The van der Waals surface area contributed by atoms with Crippen molar-refractivity contribution in [2.24, 2.45) is 0 Å². The molecule has 0 spiro atoms. The van der Waals surface area contributed by atoms with Crippen LogP contribution in [0.2, 0.25) is 0 Å². The number of halogens is 1. The van der Waals surface area contributed by atoms with E-state index in [4.69, 9.17) is 4.74 Å². The fraction of sp³-hybridized carbons (Fsp3) is 0.182. The molecule has 2 aromatic carbocycles. The second-order valence-electron chi connectivity index (χ2n) is 6.89. The van der Waals surface area contributed by atoms with Gasteiger partial charge in [0.15, 0.2) is 11.6 Å². The Labute approximate surface area is 182 Å². The predicted molar refractivity (Wildman–Crippen MR) is 118 cm³/mol. The van der Waals surface area contributed by atoms with Gasteiger partial charge in [-0.1, -0.05) is 6.07 Å². The van der Waals surface area contributed by atoms with E-state index in [2.05, 4.69) is 25.7 Å². The summed E-state index contributed by atoms with van der Waals surface area (Å²) in [5.41, 5.74) is 2.02. The number of benzene rings is 2. The zero-order valence-corrected chi connectivity index (χ0v) is 17.2. The van der Waals surface area contributed by atoms with E-state index in [0.29, 0.717) is 24.5 Å². The molecule has 164 valence electrons.